The van der Waals surface area contributed by atoms with Gasteiger partial charge >= 0.3 is 0 Å². The van der Waals surface area contributed by atoms with Crippen LogP contribution in [0.5, 0.6) is 0 Å². The van der Waals surface area contributed by atoms with Gasteiger partial charge in [-0.15, -0.1) is 0 Å². The van der Waals surface area contributed by atoms with E-state index in [4.69, 9.17) is 4.74 Å². The van der Waals surface area contributed by atoms with Crippen LogP contribution in [0.1, 0.15) is 26.7 Å². The van der Waals surface area contributed by atoms with E-state index in [1.54, 1.807) is 0 Å². The van der Waals surface area contributed by atoms with Crippen molar-refractivity contribution in [3.8, 4) is 0 Å². The highest BCUT2D eigenvalue weighted by atomic mass is 16.5. The number of aliphatic hydroxyl groups excluding tert-OH is 1. The quantitative estimate of drug-likeness (QED) is 0.595. The van der Waals surface area contributed by atoms with Gasteiger partial charge in [0.15, 0.2) is 0 Å². The predicted octanol–water partition coefficient (Wildman–Crippen LogP) is 1.70. The molecule has 0 aliphatic heterocycles. The van der Waals surface area contributed by atoms with Crippen molar-refractivity contribution >= 4 is 0 Å². The second-order valence-electron chi connectivity index (χ2n) is 2.20. The van der Waals surface area contributed by atoms with Crippen molar-refractivity contribution in [2.24, 2.45) is 0 Å². The van der Waals surface area contributed by atoms with Gasteiger partial charge in [-0.05, 0) is 13.3 Å². The van der Waals surface area contributed by atoms with Crippen LogP contribution in [-0.4, -0.2) is 17.8 Å². The summed E-state index contributed by atoms with van der Waals surface area (Å²) in [6.45, 7) is 8.07. The summed E-state index contributed by atoms with van der Waals surface area (Å²) in [5.74, 6) is 0.490. The van der Waals surface area contributed by atoms with Crippen LogP contribution in [0.4, 0.5) is 0 Å². The molecular weight excluding hydrogens is 128 g/mol. The minimum Gasteiger partial charge on any atom is -0.496 e. The van der Waals surface area contributed by atoms with E-state index in [1.807, 2.05) is 13.8 Å². The number of rotatable bonds is 5. The van der Waals surface area contributed by atoms with Crippen LogP contribution in [-0.2, 0) is 4.74 Å². The summed E-state index contributed by atoms with van der Waals surface area (Å²) in [7, 11) is 0. The van der Waals surface area contributed by atoms with Crippen LogP contribution in [0.3, 0.4) is 0 Å². The minimum atomic E-state index is -0.482. The van der Waals surface area contributed by atoms with E-state index in [-0.39, 0.29) is 0 Å². The van der Waals surface area contributed by atoms with Gasteiger partial charge in [0.25, 0.3) is 0 Å². The van der Waals surface area contributed by atoms with Crippen LogP contribution >= 0.6 is 0 Å². The van der Waals surface area contributed by atoms with Crippen molar-refractivity contribution in [1.82, 2.24) is 0 Å². The highest BCUT2D eigenvalue weighted by molar-refractivity contribution is 4.90. The fourth-order valence-electron chi connectivity index (χ4n) is 0.716. The van der Waals surface area contributed by atoms with Crippen molar-refractivity contribution < 1.29 is 9.84 Å². The Balaban J connectivity index is 3.49. The largest absolute Gasteiger partial charge is 0.496 e. The second kappa shape index (κ2) is 5.30. The molecule has 0 aromatic heterocycles. The monoisotopic (exact) mass is 144 g/mol. The number of hydrogen-bond donors (Lipinski definition) is 1. The molecule has 0 fully saturated rings. The van der Waals surface area contributed by atoms with Crippen LogP contribution in [0.25, 0.3) is 0 Å². The van der Waals surface area contributed by atoms with Gasteiger partial charge < -0.3 is 9.84 Å². The van der Waals surface area contributed by atoms with E-state index in [0.717, 1.165) is 12.8 Å². The van der Waals surface area contributed by atoms with Crippen LogP contribution in [0.2, 0.25) is 0 Å². The van der Waals surface area contributed by atoms with Gasteiger partial charge in [0.2, 0.25) is 0 Å². The first kappa shape index (κ1) is 9.50. The molecule has 1 atom stereocenters. The van der Waals surface area contributed by atoms with Crippen LogP contribution < -0.4 is 0 Å². The number of aliphatic hydroxyl groups is 1. The van der Waals surface area contributed by atoms with E-state index in [1.165, 1.54) is 0 Å². The van der Waals surface area contributed by atoms with Gasteiger partial charge in [-0.25, -0.2) is 0 Å². The molecule has 0 amide bonds. The maximum atomic E-state index is 9.22. The van der Waals surface area contributed by atoms with Gasteiger partial charge in [0, 0.05) is 0 Å². The van der Waals surface area contributed by atoms with Crippen LogP contribution in [0, 0.1) is 0 Å². The highest BCUT2D eigenvalue weighted by Crippen LogP contribution is 2.06. The lowest BCUT2D eigenvalue weighted by molar-refractivity contribution is 0.103. The lowest BCUT2D eigenvalue weighted by Gasteiger charge is -2.12. The molecule has 0 heterocycles. The highest BCUT2D eigenvalue weighted by Gasteiger charge is 2.06. The fourth-order valence-corrected chi connectivity index (χ4v) is 0.716. The Bertz CT molecular complexity index is 99.4. The molecule has 0 aliphatic carbocycles. The van der Waals surface area contributed by atoms with Crippen molar-refractivity contribution in [3.05, 3.63) is 12.3 Å². The summed E-state index contributed by atoms with van der Waals surface area (Å²) in [6, 6.07) is 0. The smallest absolute Gasteiger partial charge is 0.117 e. The summed E-state index contributed by atoms with van der Waals surface area (Å²) in [5, 5.41) is 9.22. The molecule has 0 aromatic rings. The average molecular weight is 144 g/mol. The SMILES string of the molecule is C=C(OCC)[C@@H](O)CCC. The Morgan fingerprint density at radius 1 is 1.60 bits per heavy atom. The van der Waals surface area contributed by atoms with Crippen molar-refractivity contribution in [3.63, 3.8) is 0 Å². The topological polar surface area (TPSA) is 29.5 Å². The summed E-state index contributed by atoms with van der Waals surface area (Å²) < 4.78 is 5.01. The summed E-state index contributed by atoms with van der Waals surface area (Å²) >= 11 is 0. The molecule has 1 N–H and O–H groups in total. The number of ether oxygens (including phenoxy) is 1. The predicted molar refractivity (Wildman–Crippen MR) is 41.7 cm³/mol. The molecular formula is C8H16O2. The Kier molecular flexibility index (Phi) is 5.03. The molecule has 0 aliphatic rings. The lowest BCUT2D eigenvalue weighted by Crippen LogP contribution is -2.11. The van der Waals surface area contributed by atoms with E-state index in [2.05, 4.69) is 6.58 Å². The number of hydrogen-bond acceptors (Lipinski definition) is 2. The van der Waals surface area contributed by atoms with E-state index in [0.29, 0.717) is 12.4 Å². The molecule has 0 radical (unpaired) electrons. The molecule has 0 rings (SSSR count). The normalized spacial score (nSPS) is 12.7. The fraction of sp³-hybridized carbons (Fsp3) is 0.750. The zero-order valence-electron chi connectivity index (χ0n) is 6.76. The first-order chi connectivity index (χ1) is 4.72. The molecule has 2 heteroatoms. The van der Waals surface area contributed by atoms with Gasteiger partial charge in [-0.2, -0.15) is 0 Å². The maximum Gasteiger partial charge on any atom is 0.117 e. The molecule has 0 spiro atoms. The van der Waals surface area contributed by atoms with Gasteiger partial charge in [-0.3, -0.25) is 0 Å². The van der Waals surface area contributed by atoms with E-state index in [9.17, 15) is 5.11 Å². The molecule has 10 heavy (non-hydrogen) atoms. The van der Waals surface area contributed by atoms with Crippen molar-refractivity contribution in [2.75, 3.05) is 6.61 Å². The Morgan fingerprint density at radius 3 is 2.60 bits per heavy atom. The third-order valence-corrected chi connectivity index (χ3v) is 1.26. The summed E-state index contributed by atoms with van der Waals surface area (Å²) in [5.41, 5.74) is 0. The molecule has 0 unspecified atom stereocenters. The van der Waals surface area contributed by atoms with E-state index >= 15 is 0 Å². The van der Waals surface area contributed by atoms with Gasteiger partial charge in [0.05, 0.1) is 6.61 Å². The Labute approximate surface area is 62.5 Å². The molecule has 60 valence electrons. The zero-order chi connectivity index (χ0) is 7.98. The maximum absolute atomic E-state index is 9.22. The zero-order valence-corrected chi connectivity index (χ0v) is 6.76. The Hall–Kier alpha value is -0.500. The van der Waals surface area contributed by atoms with Gasteiger partial charge in [-0.1, -0.05) is 19.9 Å². The average Bonchev–Trinajstić information content (AvgIpc) is 1.89. The molecule has 0 saturated heterocycles. The third kappa shape index (κ3) is 3.51. The lowest BCUT2D eigenvalue weighted by atomic mass is 10.2. The molecule has 0 saturated carbocycles. The Morgan fingerprint density at radius 2 is 2.20 bits per heavy atom. The van der Waals surface area contributed by atoms with Crippen molar-refractivity contribution in [1.29, 1.82) is 0 Å². The van der Waals surface area contributed by atoms with Crippen molar-refractivity contribution in [2.45, 2.75) is 32.8 Å². The standard InChI is InChI=1S/C8H16O2/c1-4-6-8(9)7(3)10-5-2/h8-9H,3-6H2,1-2H3/t8-/m0/s1. The second-order valence-corrected chi connectivity index (χ2v) is 2.20. The molecule has 2 nitrogen and oxygen atoms in total. The van der Waals surface area contributed by atoms with Crippen LogP contribution in [0.15, 0.2) is 12.3 Å². The van der Waals surface area contributed by atoms with Gasteiger partial charge in [0.1, 0.15) is 11.9 Å². The first-order valence-corrected chi connectivity index (χ1v) is 3.72. The minimum absolute atomic E-state index is 0.482. The summed E-state index contributed by atoms with van der Waals surface area (Å²) in [4.78, 5) is 0. The first-order valence-electron chi connectivity index (χ1n) is 3.72. The summed E-state index contributed by atoms with van der Waals surface area (Å²) in [6.07, 6.45) is 1.21. The molecule has 0 bridgehead atoms. The van der Waals surface area contributed by atoms with E-state index < -0.39 is 6.10 Å². The molecule has 0 aromatic carbocycles. The third-order valence-electron chi connectivity index (χ3n) is 1.26.